The van der Waals surface area contributed by atoms with Gasteiger partial charge in [-0.2, -0.15) is 0 Å². The molecule has 3 N–H and O–H groups in total. The second kappa shape index (κ2) is 10.4. The van der Waals surface area contributed by atoms with Crippen LogP contribution in [0.25, 0.3) is 0 Å². The standard InChI is InChI=1S/C26H31NO5/c1-3-14-26(15-13-18-9-6-5-7-10-18)17-22(28)23(24(29)32-26)21(4-2)19-11-8-12-20(16-19)31-25(27)30/h5-12,16,21,28H,3-4,13-15,17H2,1-2H3,(H2,27,30)/t21-,26?/m1/s1. The first-order chi connectivity index (χ1) is 15.4. The molecule has 2 atom stereocenters. The van der Waals surface area contributed by atoms with Gasteiger partial charge < -0.3 is 20.3 Å². The van der Waals surface area contributed by atoms with Crippen LogP contribution in [0.1, 0.15) is 63.0 Å². The van der Waals surface area contributed by atoms with Crippen LogP contribution < -0.4 is 10.5 Å². The topological polar surface area (TPSA) is 98.9 Å². The Morgan fingerprint density at radius 2 is 1.91 bits per heavy atom. The number of carbonyl (C=O) groups excluding carboxylic acids is 2. The van der Waals surface area contributed by atoms with Crippen molar-refractivity contribution in [2.45, 2.75) is 63.9 Å². The van der Waals surface area contributed by atoms with Crippen molar-refractivity contribution in [1.82, 2.24) is 0 Å². The molecule has 32 heavy (non-hydrogen) atoms. The largest absolute Gasteiger partial charge is 0.512 e. The molecule has 6 nitrogen and oxygen atoms in total. The highest BCUT2D eigenvalue weighted by molar-refractivity contribution is 5.92. The molecule has 0 saturated heterocycles. The van der Waals surface area contributed by atoms with Gasteiger partial charge in [-0.25, -0.2) is 9.59 Å². The lowest BCUT2D eigenvalue weighted by Crippen LogP contribution is -2.41. The van der Waals surface area contributed by atoms with Crippen molar-refractivity contribution in [2.75, 3.05) is 0 Å². The molecule has 0 aliphatic carbocycles. The maximum absolute atomic E-state index is 13.2. The molecule has 2 aromatic rings. The van der Waals surface area contributed by atoms with Gasteiger partial charge in [-0.1, -0.05) is 62.7 Å². The van der Waals surface area contributed by atoms with Crippen LogP contribution in [0.2, 0.25) is 0 Å². The first-order valence-corrected chi connectivity index (χ1v) is 11.1. The van der Waals surface area contributed by atoms with Gasteiger partial charge in [0.15, 0.2) is 0 Å². The van der Waals surface area contributed by atoms with Crippen LogP contribution in [0.15, 0.2) is 65.9 Å². The fraction of sp³-hybridized carbons (Fsp3) is 0.385. The van der Waals surface area contributed by atoms with E-state index in [1.807, 2.05) is 38.1 Å². The van der Waals surface area contributed by atoms with E-state index in [0.29, 0.717) is 31.4 Å². The molecule has 0 radical (unpaired) electrons. The minimum Gasteiger partial charge on any atom is -0.512 e. The minimum absolute atomic E-state index is 0.0795. The van der Waals surface area contributed by atoms with E-state index in [0.717, 1.165) is 18.4 Å². The Bertz CT molecular complexity index is 985. The Balaban J connectivity index is 1.87. The Labute approximate surface area is 189 Å². The van der Waals surface area contributed by atoms with E-state index >= 15 is 0 Å². The Kier molecular flexibility index (Phi) is 7.57. The SMILES string of the molecule is CCCC1(CCc2ccccc2)CC(O)=C([C@H](CC)c2cccc(OC(N)=O)c2)C(=O)O1. The van der Waals surface area contributed by atoms with Gasteiger partial charge in [0, 0.05) is 12.3 Å². The summed E-state index contributed by atoms with van der Waals surface area (Å²) in [5.74, 6) is -0.493. The summed E-state index contributed by atoms with van der Waals surface area (Å²) in [7, 11) is 0. The molecule has 0 spiro atoms. The Morgan fingerprint density at radius 3 is 2.53 bits per heavy atom. The molecule has 0 bridgehead atoms. The number of hydrogen-bond acceptors (Lipinski definition) is 5. The smallest absolute Gasteiger partial charge is 0.409 e. The van der Waals surface area contributed by atoms with Crippen molar-refractivity contribution >= 4 is 12.1 Å². The molecular weight excluding hydrogens is 406 g/mol. The van der Waals surface area contributed by atoms with Gasteiger partial charge in [-0.3, -0.25) is 0 Å². The number of nitrogens with two attached hydrogens (primary N) is 1. The van der Waals surface area contributed by atoms with Crippen molar-refractivity contribution in [2.24, 2.45) is 5.73 Å². The van der Waals surface area contributed by atoms with Crippen molar-refractivity contribution in [3.63, 3.8) is 0 Å². The predicted molar refractivity (Wildman–Crippen MR) is 122 cm³/mol. The van der Waals surface area contributed by atoms with E-state index in [1.54, 1.807) is 18.2 Å². The number of ether oxygens (including phenoxy) is 2. The van der Waals surface area contributed by atoms with E-state index in [4.69, 9.17) is 15.2 Å². The van der Waals surface area contributed by atoms with Crippen LogP contribution in [-0.2, 0) is 16.0 Å². The first kappa shape index (κ1) is 23.4. The molecule has 6 heteroatoms. The normalized spacial score (nSPS) is 19.4. The van der Waals surface area contributed by atoms with Crippen LogP contribution in [0.3, 0.4) is 0 Å². The average Bonchev–Trinajstić information content (AvgIpc) is 2.75. The van der Waals surface area contributed by atoms with Crippen molar-refractivity contribution in [3.8, 4) is 5.75 Å². The molecular formula is C26H31NO5. The molecule has 170 valence electrons. The summed E-state index contributed by atoms with van der Waals surface area (Å²) in [6.45, 7) is 3.98. The summed E-state index contributed by atoms with van der Waals surface area (Å²) in [6, 6.07) is 16.9. The van der Waals surface area contributed by atoms with Gasteiger partial charge >= 0.3 is 12.1 Å². The van der Waals surface area contributed by atoms with E-state index < -0.39 is 17.7 Å². The number of aryl methyl sites for hydroxylation is 1. The number of hydrogen-bond donors (Lipinski definition) is 2. The van der Waals surface area contributed by atoms with Crippen LogP contribution in [0, 0.1) is 0 Å². The Hall–Kier alpha value is -3.28. The van der Waals surface area contributed by atoms with Crippen molar-refractivity contribution < 1.29 is 24.2 Å². The highest BCUT2D eigenvalue weighted by Crippen LogP contribution is 2.42. The number of esters is 1. The number of aliphatic hydroxyl groups excluding tert-OH is 1. The van der Waals surface area contributed by atoms with Gasteiger partial charge in [0.2, 0.25) is 0 Å². The van der Waals surface area contributed by atoms with Gasteiger partial charge in [0.05, 0.1) is 5.57 Å². The molecule has 1 unspecified atom stereocenters. The molecule has 1 aliphatic rings. The van der Waals surface area contributed by atoms with Gasteiger partial charge in [-0.15, -0.1) is 0 Å². The molecule has 1 amide bonds. The zero-order chi connectivity index (χ0) is 23.1. The van der Waals surface area contributed by atoms with E-state index in [2.05, 4.69) is 12.1 Å². The van der Waals surface area contributed by atoms with E-state index in [1.165, 1.54) is 5.56 Å². The third-order valence-corrected chi connectivity index (χ3v) is 5.98. The van der Waals surface area contributed by atoms with Gasteiger partial charge in [0.25, 0.3) is 0 Å². The summed E-state index contributed by atoms with van der Waals surface area (Å²) in [5.41, 5.74) is 6.59. The number of aliphatic hydroxyl groups is 1. The predicted octanol–water partition coefficient (Wildman–Crippen LogP) is 5.57. The minimum atomic E-state index is -0.905. The fourth-order valence-corrected chi connectivity index (χ4v) is 4.54. The summed E-state index contributed by atoms with van der Waals surface area (Å²) in [5, 5.41) is 11.0. The maximum Gasteiger partial charge on any atom is 0.409 e. The highest BCUT2D eigenvalue weighted by atomic mass is 16.6. The first-order valence-electron chi connectivity index (χ1n) is 11.1. The summed E-state index contributed by atoms with van der Waals surface area (Å²) < 4.78 is 11.0. The second-order valence-electron chi connectivity index (χ2n) is 8.30. The van der Waals surface area contributed by atoms with Crippen LogP contribution >= 0.6 is 0 Å². The summed E-state index contributed by atoms with van der Waals surface area (Å²) >= 11 is 0. The number of cyclic esters (lactones) is 1. The monoisotopic (exact) mass is 437 g/mol. The van der Waals surface area contributed by atoms with Crippen molar-refractivity contribution in [1.29, 1.82) is 0 Å². The van der Waals surface area contributed by atoms with Crippen LogP contribution in [-0.4, -0.2) is 22.8 Å². The fourth-order valence-electron chi connectivity index (χ4n) is 4.54. The molecule has 3 rings (SSSR count). The van der Waals surface area contributed by atoms with Crippen molar-refractivity contribution in [3.05, 3.63) is 77.1 Å². The lowest BCUT2D eigenvalue weighted by molar-refractivity contribution is -0.161. The van der Waals surface area contributed by atoms with Gasteiger partial charge in [0.1, 0.15) is 17.1 Å². The average molecular weight is 438 g/mol. The van der Waals surface area contributed by atoms with E-state index in [-0.39, 0.29) is 17.3 Å². The number of amides is 1. The highest BCUT2D eigenvalue weighted by Gasteiger charge is 2.43. The summed E-state index contributed by atoms with van der Waals surface area (Å²) in [6.07, 6.45) is 2.89. The second-order valence-corrected chi connectivity index (χ2v) is 8.30. The molecule has 0 aromatic heterocycles. The molecule has 1 aliphatic heterocycles. The van der Waals surface area contributed by atoms with E-state index in [9.17, 15) is 14.7 Å². The number of primary amides is 1. The van der Waals surface area contributed by atoms with Gasteiger partial charge in [-0.05, 0) is 48.9 Å². The third-order valence-electron chi connectivity index (χ3n) is 5.98. The lowest BCUT2D eigenvalue weighted by Gasteiger charge is -2.38. The maximum atomic E-state index is 13.2. The van der Waals surface area contributed by atoms with Crippen LogP contribution in [0.5, 0.6) is 5.75 Å². The zero-order valence-electron chi connectivity index (χ0n) is 18.7. The lowest BCUT2D eigenvalue weighted by atomic mass is 9.80. The van der Waals surface area contributed by atoms with Crippen LogP contribution in [0.4, 0.5) is 4.79 Å². The quantitative estimate of drug-likeness (QED) is 0.500. The number of rotatable bonds is 9. The number of carbonyl (C=O) groups is 2. The third kappa shape index (κ3) is 5.49. The molecule has 0 fully saturated rings. The molecule has 1 heterocycles. The summed E-state index contributed by atoms with van der Waals surface area (Å²) in [4.78, 5) is 24.3. The molecule has 2 aromatic carbocycles. The Morgan fingerprint density at radius 1 is 1.16 bits per heavy atom. The zero-order valence-corrected chi connectivity index (χ0v) is 18.7. The molecule has 0 saturated carbocycles. The number of benzene rings is 2.